The molecular weight excluding hydrogens is 282 g/mol. The summed E-state index contributed by atoms with van der Waals surface area (Å²) >= 11 is 5.91. The summed E-state index contributed by atoms with van der Waals surface area (Å²) < 4.78 is 5.65. The maximum Gasteiger partial charge on any atom is 0.121 e. The van der Waals surface area contributed by atoms with Gasteiger partial charge in [0.25, 0.3) is 0 Å². The number of hydrogen-bond acceptors (Lipinski definition) is 2. The highest BCUT2D eigenvalue weighted by atomic mass is 35.5. The molecule has 0 spiro atoms. The molecule has 0 fully saturated rings. The molecule has 2 aromatic carbocycles. The summed E-state index contributed by atoms with van der Waals surface area (Å²) in [6.07, 6.45) is 1.97. The van der Waals surface area contributed by atoms with Crippen molar-refractivity contribution in [2.24, 2.45) is 0 Å². The van der Waals surface area contributed by atoms with E-state index in [0.717, 1.165) is 35.9 Å². The van der Waals surface area contributed by atoms with Gasteiger partial charge in [-0.3, -0.25) is 0 Å². The normalized spacial score (nSPS) is 12.0. The molecule has 0 saturated carbocycles. The number of benzene rings is 2. The van der Waals surface area contributed by atoms with E-state index in [4.69, 9.17) is 16.3 Å². The summed E-state index contributed by atoms with van der Waals surface area (Å²) in [6.45, 7) is 5.04. The van der Waals surface area contributed by atoms with Gasteiger partial charge in [0, 0.05) is 22.8 Å². The smallest absolute Gasteiger partial charge is 0.121 e. The van der Waals surface area contributed by atoms with Gasteiger partial charge in [0.15, 0.2) is 0 Å². The van der Waals surface area contributed by atoms with Crippen LogP contribution in [0.1, 0.15) is 25.8 Å². The van der Waals surface area contributed by atoms with E-state index in [9.17, 15) is 0 Å². The predicted octanol–water partition coefficient (Wildman–Crippen LogP) is 5.17. The topological polar surface area (TPSA) is 21.3 Å². The Morgan fingerprint density at radius 2 is 1.90 bits per heavy atom. The Balaban J connectivity index is 1.92. The van der Waals surface area contributed by atoms with Crippen molar-refractivity contribution in [1.29, 1.82) is 0 Å². The van der Waals surface area contributed by atoms with E-state index >= 15 is 0 Å². The van der Waals surface area contributed by atoms with E-state index < -0.39 is 0 Å². The zero-order valence-corrected chi connectivity index (χ0v) is 13.4. The number of hydrogen-bond donors (Lipinski definition) is 1. The molecule has 2 rings (SSSR count). The van der Waals surface area contributed by atoms with Crippen LogP contribution in [0.2, 0.25) is 5.02 Å². The molecule has 0 aliphatic rings. The number of nitrogens with one attached hydrogen (secondary N) is 1. The highest BCUT2D eigenvalue weighted by Gasteiger charge is 2.05. The van der Waals surface area contributed by atoms with Crippen LogP contribution in [0.4, 0.5) is 5.69 Å². The van der Waals surface area contributed by atoms with Crippen molar-refractivity contribution in [3.63, 3.8) is 0 Å². The zero-order chi connectivity index (χ0) is 15.1. The number of ether oxygens (including phenoxy) is 1. The summed E-state index contributed by atoms with van der Waals surface area (Å²) in [5.74, 6) is 0.917. The third-order valence-corrected chi connectivity index (χ3v) is 3.43. The SMILES string of the molecule is CCCOc1cccc(NC(C)Cc2ccc(Cl)cc2)c1. The lowest BCUT2D eigenvalue weighted by atomic mass is 10.1. The Hall–Kier alpha value is -1.67. The van der Waals surface area contributed by atoms with Crippen LogP contribution in [0.5, 0.6) is 5.75 Å². The summed E-state index contributed by atoms with van der Waals surface area (Å²) in [7, 11) is 0. The largest absolute Gasteiger partial charge is 0.494 e. The van der Waals surface area contributed by atoms with Gasteiger partial charge < -0.3 is 10.1 Å². The Morgan fingerprint density at radius 3 is 2.62 bits per heavy atom. The predicted molar refractivity (Wildman–Crippen MR) is 90.5 cm³/mol. The molecule has 3 heteroatoms. The van der Waals surface area contributed by atoms with Crippen molar-refractivity contribution in [2.45, 2.75) is 32.7 Å². The van der Waals surface area contributed by atoms with E-state index in [1.807, 2.05) is 30.3 Å². The Kier molecular flexibility index (Phi) is 5.94. The first-order valence-electron chi connectivity index (χ1n) is 7.41. The van der Waals surface area contributed by atoms with Crippen LogP contribution in [0.3, 0.4) is 0 Å². The van der Waals surface area contributed by atoms with Crippen molar-refractivity contribution < 1.29 is 4.74 Å². The number of halogens is 1. The Morgan fingerprint density at radius 1 is 1.14 bits per heavy atom. The molecule has 0 saturated heterocycles. The van der Waals surface area contributed by atoms with Crippen molar-refractivity contribution in [3.8, 4) is 5.75 Å². The van der Waals surface area contributed by atoms with Gasteiger partial charge in [0.2, 0.25) is 0 Å². The average molecular weight is 304 g/mol. The Labute approximate surface area is 132 Å². The summed E-state index contributed by atoms with van der Waals surface area (Å²) in [5, 5.41) is 4.29. The average Bonchev–Trinajstić information content (AvgIpc) is 2.48. The van der Waals surface area contributed by atoms with Crippen LogP contribution < -0.4 is 10.1 Å². The summed E-state index contributed by atoms with van der Waals surface area (Å²) in [6, 6.07) is 16.5. The van der Waals surface area contributed by atoms with E-state index in [-0.39, 0.29) is 0 Å². The van der Waals surface area contributed by atoms with E-state index in [1.54, 1.807) is 0 Å². The van der Waals surface area contributed by atoms with Gasteiger partial charge in [-0.05, 0) is 49.6 Å². The second kappa shape index (κ2) is 7.94. The lowest BCUT2D eigenvalue weighted by Gasteiger charge is -2.16. The highest BCUT2D eigenvalue weighted by Crippen LogP contribution is 2.19. The van der Waals surface area contributed by atoms with Crippen LogP contribution in [0.15, 0.2) is 48.5 Å². The lowest BCUT2D eigenvalue weighted by Crippen LogP contribution is -2.18. The van der Waals surface area contributed by atoms with Crippen molar-refractivity contribution in [1.82, 2.24) is 0 Å². The maximum absolute atomic E-state index is 5.91. The zero-order valence-electron chi connectivity index (χ0n) is 12.6. The second-order valence-corrected chi connectivity index (χ2v) is 5.69. The quantitative estimate of drug-likeness (QED) is 0.761. The molecular formula is C18H22ClNO. The van der Waals surface area contributed by atoms with Gasteiger partial charge in [0.05, 0.1) is 6.61 Å². The molecule has 112 valence electrons. The molecule has 0 aliphatic heterocycles. The molecule has 0 aliphatic carbocycles. The van der Waals surface area contributed by atoms with Crippen molar-refractivity contribution in [3.05, 3.63) is 59.1 Å². The summed E-state index contributed by atoms with van der Waals surface area (Å²) in [4.78, 5) is 0. The molecule has 2 nitrogen and oxygen atoms in total. The van der Waals surface area contributed by atoms with Crippen molar-refractivity contribution in [2.75, 3.05) is 11.9 Å². The fourth-order valence-electron chi connectivity index (χ4n) is 2.21. The van der Waals surface area contributed by atoms with E-state index in [2.05, 4.69) is 37.4 Å². The van der Waals surface area contributed by atoms with Gasteiger partial charge in [-0.1, -0.05) is 36.7 Å². The highest BCUT2D eigenvalue weighted by molar-refractivity contribution is 6.30. The first kappa shape index (κ1) is 15.7. The fourth-order valence-corrected chi connectivity index (χ4v) is 2.33. The minimum Gasteiger partial charge on any atom is -0.494 e. The third-order valence-electron chi connectivity index (χ3n) is 3.18. The van der Waals surface area contributed by atoms with Gasteiger partial charge in [-0.25, -0.2) is 0 Å². The van der Waals surface area contributed by atoms with Gasteiger partial charge in [-0.2, -0.15) is 0 Å². The van der Waals surface area contributed by atoms with Gasteiger partial charge >= 0.3 is 0 Å². The molecule has 21 heavy (non-hydrogen) atoms. The van der Waals surface area contributed by atoms with Crippen LogP contribution in [-0.2, 0) is 6.42 Å². The first-order valence-corrected chi connectivity index (χ1v) is 7.79. The number of anilines is 1. The maximum atomic E-state index is 5.91. The van der Waals surface area contributed by atoms with Crippen molar-refractivity contribution >= 4 is 17.3 Å². The van der Waals surface area contributed by atoms with Gasteiger partial charge in [0.1, 0.15) is 5.75 Å². The molecule has 0 amide bonds. The molecule has 1 N–H and O–H groups in total. The molecule has 1 unspecified atom stereocenters. The van der Waals surface area contributed by atoms with Crippen LogP contribution in [0, 0.1) is 0 Å². The second-order valence-electron chi connectivity index (χ2n) is 5.25. The molecule has 0 aromatic heterocycles. The lowest BCUT2D eigenvalue weighted by molar-refractivity contribution is 0.317. The number of rotatable bonds is 7. The molecule has 0 heterocycles. The monoisotopic (exact) mass is 303 g/mol. The first-order chi connectivity index (χ1) is 10.2. The molecule has 2 aromatic rings. The fraction of sp³-hybridized carbons (Fsp3) is 0.333. The van der Waals surface area contributed by atoms with Crippen LogP contribution >= 0.6 is 11.6 Å². The molecule has 1 atom stereocenters. The van der Waals surface area contributed by atoms with Crippen LogP contribution in [0.25, 0.3) is 0 Å². The third kappa shape index (κ3) is 5.31. The minimum absolute atomic E-state index is 0.340. The van der Waals surface area contributed by atoms with E-state index in [1.165, 1.54) is 5.56 Å². The minimum atomic E-state index is 0.340. The Bertz CT molecular complexity index is 553. The van der Waals surface area contributed by atoms with Crippen LogP contribution in [-0.4, -0.2) is 12.6 Å². The molecule has 0 radical (unpaired) electrons. The van der Waals surface area contributed by atoms with E-state index in [0.29, 0.717) is 6.04 Å². The summed E-state index contributed by atoms with van der Waals surface area (Å²) in [5.41, 5.74) is 2.36. The molecule has 0 bridgehead atoms. The van der Waals surface area contributed by atoms with Gasteiger partial charge in [-0.15, -0.1) is 0 Å². The standard InChI is InChI=1S/C18H22ClNO/c1-3-11-21-18-6-4-5-17(13-18)20-14(2)12-15-7-9-16(19)10-8-15/h4-10,13-14,20H,3,11-12H2,1-2H3.